The van der Waals surface area contributed by atoms with Crippen molar-refractivity contribution in [1.82, 2.24) is 19.8 Å². The summed E-state index contributed by atoms with van der Waals surface area (Å²) in [6.45, 7) is 3.98. The molecule has 7 heteroatoms. The van der Waals surface area contributed by atoms with Crippen LogP contribution in [0.15, 0.2) is 0 Å². The van der Waals surface area contributed by atoms with E-state index in [-0.39, 0.29) is 11.9 Å². The number of nitrogens with one attached hydrogen (secondary N) is 1. The number of amides is 1. The van der Waals surface area contributed by atoms with Crippen LogP contribution >= 0.6 is 11.5 Å². The van der Waals surface area contributed by atoms with Gasteiger partial charge in [0.1, 0.15) is 10.7 Å². The zero-order valence-corrected chi connectivity index (χ0v) is 9.25. The second-order valence-electron chi connectivity index (χ2n) is 3.52. The molecular formula is C8H13N5OS. The van der Waals surface area contributed by atoms with Crippen LogP contribution in [0.5, 0.6) is 0 Å². The number of nitrogens with zero attached hydrogens (tertiary/aromatic N) is 3. The molecule has 0 bridgehead atoms. The molecule has 3 N–H and O–H groups in total. The number of rotatable bonds is 2. The van der Waals surface area contributed by atoms with E-state index >= 15 is 0 Å². The number of carbonyl (C=O) groups excluding carboxylic acids is 1. The highest BCUT2D eigenvalue weighted by molar-refractivity contribution is 7.09. The standard InChI is InChI=1S/C8H13N5OS/c1-5-8(14)10-2-3-13(5)4-6-7(9)15-12-11-6/h5H,2-4,9H2,1H3,(H,10,14). The van der Waals surface area contributed by atoms with Crippen LogP contribution in [0.25, 0.3) is 0 Å². The lowest BCUT2D eigenvalue weighted by Gasteiger charge is -2.31. The van der Waals surface area contributed by atoms with Gasteiger partial charge in [0.15, 0.2) is 0 Å². The number of anilines is 1. The number of aromatic nitrogens is 2. The average molecular weight is 227 g/mol. The first kappa shape index (κ1) is 10.3. The summed E-state index contributed by atoms with van der Waals surface area (Å²) in [5.74, 6) is 0.0583. The number of piperazine rings is 1. The van der Waals surface area contributed by atoms with Gasteiger partial charge in [0.25, 0.3) is 0 Å². The van der Waals surface area contributed by atoms with Crippen LogP contribution in [0.4, 0.5) is 5.00 Å². The summed E-state index contributed by atoms with van der Waals surface area (Å²) in [4.78, 5) is 13.4. The highest BCUT2D eigenvalue weighted by Gasteiger charge is 2.26. The maximum atomic E-state index is 11.4. The minimum atomic E-state index is -0.125. The average Bonchev–Trinajstić information content (AvgIpc) is 2.60. The zero-order chi connectivity index (χ0) is 10.8. The van der Waals surface area contributed by atoms with Crippen LogP contribution in [0.1, 0.15) is 12.6 Å². The minimum Gasteiger partial charge on any atom is -0.388 e. The van der Waals surface area contributed by atoms with Gasteiger partial charge >= 0.3 is 0 Å². The molecule has 0 aromatic carbocycles. The van der Waals surface area contributed by atoms with Gasteiger partial charge in [-0.2, -0.15) is 0 Å². The maximum Gasteiger partial charge on any atom is 0.237 e. The molecule has 2 heterocycles. The molecule has 0 aliphatic carbocycles. The van der Waals surface area contributed by atoms with Crippen LogP contribution in [0, 0.1) is 0 Å². The molecule has 1 aromatic rings. The van der Waals surface area contributed by atoms with Gasteiger partial charge in [0.2, 0.25) is 5.91 Å². The van der Waals surface area contributed by atoms with Crippen molar-refractivity contribution in [3.05, 3.63) is 5.69 Å². The molecule has 1 saturated heterocycles. The summed E-state index contributed by atoms with van der Waals surface area (Å²) >= 11 is 1.18. The lowest BCUT2D eigenvalue weighted by Crippen LogP contribution is -2.53. The second-order valence-corrected chi connectivity index (χ2v) is 4.31. The highest BCUT2D eigenvalue weighted by atomic mass is 32.1. The minimum absolute atomic E-state index is 0.0583. The lowest BCUT2D eigenvalue weighted by atomic mass is 10.2. The number of hydrogen-bond donors (Lipinski definition) is 2. The lowest BCUT2D eigenvalue weighted by molar-refractivity contribution is -0.128. The molecule has 1 amide bonds. The molecule has 0 spiro atoms. The summed E-state index contributed by atoms with van der Waals surface area (Å²) in [6, 6.07) is -0.125. The van der Waals surface area contributed by atoms with E-state index in [2.05, 4.69) is 14.9 Å². The van der Waals surface area contributed by atoms with E-state index in [9.17, 15) is 4.79 Å². The van der Waals surface area contributed by atoms with Crippen molar-refractivity contribution in [2.45, 2.75) is 19.5 Å². The highest BCUT2D eigenvalue weighted by Crippen LogP contribution is 2.16. The third-order valence-corrected chi connectivity index (χ3v) is 3.16. The van der Waals surface area contributed by atoms with Crippen LogP contribution < -0.4 is 11.1 Å². The Hall–Kier alpha value is -1.21. The monoisotopic (exact) mass is 227 g/mol. The van der Waals surface area contributed by atoms with E-state index in [1.165, 1.54) is 11.5 Å². The molecule has 82 valence electrons. The molecule has 0 saturated carbocycles. The summed E-state index contributed by atoms with van der Waals surface area (Å²) < 4.78 is 3.77. The van der Waals surface area contributed by atoms with Crippen LogP contribution in [-0.2, 0) is 11.3 Å². The third-order valence-electron chi connectivity index (χ3n) is 2.56. The maximum absolute atomic E-state index is 11.4. The Morgan fingerprint density at radius 2 is 2.53 bits per heavy atom. The van der Waals surface area contributed by atoms with E-state index in [1.54, 1.807) is 0 Å². The Morgan fingerprint density at radius 1 is 1.73 bits per heavy atom. The van der Waals surface area contributed by atoms with Gasteiger partial charge in [-0.1, -0.05) is 4.49 Å². The van der Waals surface area contributed by atoms with Crippen molar-refractivity contribution < 1.29 is 4.79 Å². The smallest absolute Gasteiger partial charge is 0.237 e. The van der Waals surface area contributed by atoms with Crippen molar-refractivity contribution in [2.24, 2.45) is 0 Å². The fourth-order valence-corrected chi connectivity index (χ4v) is 2.00. The van der Waals surface area contributed by atoms with Crippen LogP contribution in [-0.4, -0.2) is 39.5 Å². The molecule has 1 fully saturated rings. The molecule has 15 heavy (non-hydrogen) atoms. The third kappa shape index (κ3) is 2.07. The topological polar surface area (TPSA) is 84.1 Å². The molecule has 0 radical (unpaired) electrons. The number of carbonyl (C=O) groups is 1. The predicted octanol–water partition coefficient (Wildman–Crippen LogP) is -0.559. The first-order valence-electron chi connectivity index (χ1n) is 4.77. The Morgan fingerprint density at radius 3 is 3.20 bits per heavy atom. The number of hydrogen-bond acceptors (Lipinski definition) is 6. The Labute approximate surface area is 91.6 Å². The van der Waals surface area contributed by atoms with Gasteiger partial charge in [-0.25, -0.2) is 0 Å². The molecule has 1 aliphatic rings. The van der Waals surface area contributed by atoms with Crippen molar-refractivity contribution in [3.63, 3.8) is 0 Å². The fraction of sp³-hybridized carbons (Fsp3) is 0.625. The van der Waals surface area contributed by atoms with Gasteiger partial charge in [0.05, 0.1) is 6.04 Å². The summed E-state index contributed by atoms with van der Waals surface area (Å²) in [7, 11) is 0. The van der Waals surface area contributed by atoms with E-state index in [4.69, 9.17) is 5.73 Å². The molecule has 1 aliphatic heterocycles. The first-order chi connectivity index (χ1) is 7.18. The number of nitrogen functional groups attached to an aromatic ring is 1. The van der Waals surface area contributed by atoms with E-state index in [0.29, 0.717) is 18.1 Å². The zero-order valence-electron chi connectivity index (χ0n) is 8.43. The normalized spacial score (nSPS) is 22.7. The fourth-order valence-electron chi connectivity index (χ4n) is 1.56. The Balaban J connectivity index is 2.05. The van der Waals surface area contributed by atoms with E-state index in [0.717, 1.165) is 12.2 Å². The second kappa shape index (κ2) is 4.11. The Kier molecular flexibility index (Phi) is 2.83. The summed E-state index contributed by atoms with van der Waals surface area (Å²) in [6.07, 6.45) is 0. The van der Waals surface area contributed by atoms with Crippen molar-refractivity contribution in [1.29, 1.82) is 0 Å². The first-order valence-corrected chi connectivity index (χ1v) is 5.54. The Bertz CT molecular complexity index is 366. The predicted molar refractivity (Wildman–Crippen MR) is 57.2 cm³/mol. The largest absolute Gasteiger partial charge is 0.388 e. The quantitative estimate of drug-likeness (QED) is 0.707. The van der Waals surface area contributed by atoms with Crippen molar-refractivity contribution in [3.8, 4) is 0 Å². The van der Waals surface area contributed by atoms with Gasteiger partial charge < -0.3 is 11.1 Å². The van der Waals surface area contributed by atoms with Gasteiger partial charge in [-0.3, -0.25) is 9.69 Å². The summed E-state index contributed by atoms with van der Waals surface area (Å²) in [5.41, 5.74) is 6.47. The van der Waals surface area contributed by atoms with E-state index in [1.807, 2.05) is 11.8 Å². The summed E-state index contributed by atoms with van der Waals surface area (Å²) in [5, 5.41) is 7.38. The molecule has 1 atom stereocenters. The molecule has 1 unspecified atom stereocenters. The molecule has 6 nitrogen and oxygen atoms in total. The molecular weight excluding hydrogens is 214 g/mol. The van der Waals surface area contributed by atoms with Gasteiger partial charge in [-0.05, 0) is 6.92 Å². The SMILES string of the molecule is CC1C(=O)NCCN1Cc1nnsc1N. The molecule has 1 aromatic heterocycles. The van der Waals surface area contributed by atoms with Crippen molar-refractivity contribution in [2.75, 3.05) is 18.8 Å². The number of nitrogens with two attached hydrogens (primary N) is 1. The van der Waals surface area contributed by atoms with E-state index < -0.39 is 0 Å². The van der Waals surface area contributed by atoms with Gasteiger partial charge in [-0.15, -0.1) is 5.10 Å². The van der Waals surface area contributed by atoms with Crippen molar-refractivity contribution >= 4 is 22.4 Å². The van der Waals surface area contributed by atoms with Crippen LogP contribution in [0.3, 0.4) is 0 Å². The molecule has 2 rings (SSSR count). The van der Waals surface area contributed by atoms with Crippen LogP contribution in [0.2, 0.25) is 0 Å². The van der Waals surface area contributed by atoms with Gasteiger partial charge in [0, 0.05) is 31.2 Å².